The van der Waals surface area contributed by atoms with Crippen LogP contribution in [0.3, 0.4) is 0 Å². The normalized spacial score (nSPS) is 17.5. The van der Waals surface area contributed by atoms with Gasteiger partial charge in [0.25, 0.3) is 0 Å². The van der Waals surface area contributed by atoms with E-state index in [9.17, 15) is 0 Å². The molecule has 2 aromatic rings. The van der Waals surface area contributed by atoms with Crippen LogP contribution in [0.4, 0.5) is 0 Å². The molecule has 0 spiro atoms. The maximum absolute atomic E-state index is 6.31. The first-order valence-corrected chi connectivity index (χ1v) is 9.87. The van der Waals surface area contributed by atoms with E-state index in [1.807, 2.05) is 0 Å². The molecule has 122 valence electrons. The fourth-order valence-electron chi connectivity index (χ4n) is 3.25. The van der Waals surface area contributed by atoms with Crippen molar-refractivity contribution >= 4 is 0 Å². The molecule has 24 heavy (non-hydrogen) atoms. The molecule has 3 rings (SSSR count). The first kappa shape index (κ1) is 17.3. The Kier molecular flexibility index (Phi) is 5.13. The predicted octanol–water partition coefficient (Wildman–Crippen LogP) is 6.30. The summed E-state index contributed by atoms with van der Waals surface area (Å²) in [7, 11) is 0. The number of benzene rings is 2. The Morgan fingerprint density at radius 3 is 2.17 bits per heavy atom. The van der Waals surface area contributed by atoms with Gasteiger partial charge in [0.2, 0.25) is 0 Å². The van der Waals surface area contributed by atoms with Gasteiger partial charge >= 0.3 is 155 Å². The van der Waals surface area contributed by atoms with E-state index in [1.54, 1.807) is 0 Å². The van der Waals surface area contributed by atoms with Crippen LogP contribution in [0, 0.1) is 12.8 Å². The molecule has 1 nitrogen and oxygen atoms in total. The summed E-state index contributed by atoms with van der Waals surface area (Å²) >= 11 is -0.602. The fourth-order valence-corrected chi connectivity index (χ4v) is 4.93. The molecule has 0 radical (unpaired) electrons. The zero-order valence-electron chi connectivity index (χ0n) is 15.1. The number of aryl methyl sites for hydroxylation is 1. The summed E-state index contributed by atoms with van der Waals surface area (Å²) in [5.74, 6) is 1.55. The van der Waals surface area contributed by atoms with E-state index >= 15 is 0 Å². The van der Waals surface area contributed by atoms with Gasteiger partial charge < -0.3 is 0 Å². The average Bonchev–Trinajstić information content (AvgIpc) is 2.77. The summed E-state index contributed by atoms with van der Waals surface area (Å²) in [6, 6.07) is 17.1. The van der Waals surface area contributed by atoms with Crippen molar-refractivity contribution in [3.63, 3.8) is 0 Å². The Bertz CT molecular complexity index is 815. The fraction of sp³-hybridized carbons (Fsp3) is 0.273. The molecule has 0 N–H and O–H groups in total. The van der Waals surface area contributed by atoms with Crippen molar-refractivity contribution in [2.24, 2.45) is 5.92 Å². The van der Waals surface area contributed by atoms with Gasteiger partial charge in [0.05, 0.1) is 0 Å². The second-order valence-electron chi connectivity index (χ2n) is 6.67. The van der Waals surface area contributed by atoms with Crippen molar-refractivity contribution in [1.29, 1.82) is 0 Å². The molecule has 1 aliphatic carbocycles. The van der Waals surface area contributed by atoms with Crippen LogP contribution in [0.25, 0.3) is 11.1 Å². The Balaban J connectivity index is 1.81. The molecule has 0 aliphatic heterocycles. The van der Waals surface area contributed by atoms with Crippen molar-refractivity contribution in [2.75, 3.05) is 0 Å². The van der Waals surface area contributed by atoms with Gasteiger partial charge in [-0.3, -0.25) is 0 Å². The van der Waals surface area contributed by atoms with E-state index < -0.39 is 19.5 Å². The Hall–Kier alpha value is -1.57. The number of hydrogen-bond donors (Lipinski definition) is 0. The second-order valence-corrected chi connectivity index (χ2v) is 8.15. The minimum atomic E-state index is -0.602. The van der Waals surface area contributed by atoms with Gasteiger partial charge in [-0.25, -0.2) is 0 Å². The van der Waals surface area contributed by atoms with E-state index in [0.29, 0.717) is 5.92 Å². The van der Waals surface area contributed by atoms with E-state index in [2.05, 4.69) is 83.1 Å². The van der Waals surface area contributed by atoms with E-state index in [4.69, 9.17) is 3.32 Å². The van der Waals surface area contributed by atoms with Crippen LogP contribution < -0.4 is 3.32 Å². The van der Waals surface area contributed by atoms with Crippen LogP contribution >= 0.6 is 0 Å². The zero-order valence-corrected chi connectivity index (χ0v) is 16.7. The first-order valence-electron chi connectivity index (χ1n) is 8.46. The average molecular weight is 352 g/mol. The minimum absolute atomic E-state index is 0.545. The molecular formula is C22H24OTi. The summed E-state index contributed by atoms with van der Waals surface area (Å²) < 4.78 is 7.85. The van der Waals surface area contributed by atoms with Gasteiger partial charge in [-0.05, 0) is 0 Å². The van der Waals surface area contributed by atoms with Gasteiger partial charge in [0.15, 0.2) is 0 Å². The van der Waals surface area contributed by atoms with Gasteiger partial charge in [-0.1, -0.05) is 0 Å². The first-order chi connectivity index (χ1) is 11.5. The molecule has 2 heteroatoms. The number of rotatable bonds is 4. The van der Waals surface area contributed by atoms with Crippen LogP contribution in [0.1, 0.15) is 33.3 Å². The summed E-state index contributed by atoms with van der Waals surface area (Å²) in [6.45, 7) is 11.2. The zero-order chi connectivity index (χ0) is 17.3. The molecule has 0 amide bonds. The van der Waals surface area contributed by atoms with Crippen LogP contribution in [0.2, 0.25) is 0 Å². The van der Waals surface area contributed by atoms with Gasteiger partial charge in [-0.2, -0.15) is 0 Å². The van der Waals surface area contributed by atoms with Gasteiger partial charge in [-0.15, -0.1) is 0 Å². The third-order valence-corrected chi connectivity index (χ3v) is 7.21. The van der Waals surface area contributed by atoms with E-state index in [-0.39, 0.29) is 0 Å². The predicted molar refractivity (Wildman–Crippen MR) is 97.5 cm³/mol. The van der Waals surface area contributed by atoms with Gasteiger partial charge in [0, 0.05) is 0 Å². The quantitative estimate of drug-likeness (QED) is 0.587. The molecule has 0 bridgehead atoms. The summed E-state index contributed by atoms with van der Waals surface area (Å²) in [5.41, 5.74) is 8.13. The van der Waals surface area contributed by atoms with Crippen molar-refractivity contribution in [1.82, 2.24) is 0 Å². The molecule has 0 aromatic heterocycles. The Morgan fingerprint density at radius 1 is 0.833 bits per heavy atom. The van der Waals surface area contributed by atoms with Crippen molar-refractivity contribution < 1.29 is 22.9 Å². The molecular weight excluding hydrogens is 328 g/mol. The van der Waals surface area contributed by atoms with Crippen LogP contribution in [-0.4, -0.2) is 0 Å². The van der Waals surface area contributed by atoms with E-state index in [0.717, 1.165) is 5.75 Å². The monoisotopic (exact) mass is 352 g/mol. The van der Waals surface area contributed by atoms with Gasteiger partial charge in [0.1, 0.15) is 0 Å². The number of allylic oxidation sites excluding steroid dienone is 4. The molecule has 1 aliphatic rings. The molecule has 0 heterocycles. The summed E-state index contributed by atoms with van der Waals surface area (Å²) in [5, 5.41) is 0. The molecule has 1 unspecified atom stereocenters. The topological polar surface area (TPSA) is 9.23 Å². The third kappa shape index (κ3) is 3.43. The van der Waals surface area contributed by atoms with Crippen LogP contribution in [-0.2, 0) is 19.5 Å². The molecule has 0 saturated heterocycles. The van der Waals surface area contributed by atoms with Crippen molar-refractivity contribution in [3.05, 3.63) is 74.7 Å². The molecule has 0 saturated carbocycles. The standard InChI is InChI=1S/C13H12O.C9H13.Ti/c1-10-7-12(9-13(14)8-10)11-5-3-2-4-6-11;1-6-5-7(2)9(4)8(6)3;/h2-9,14H,1H3;6H,1-4H3;/q;;+1/p-1. The molecule has 0 fully saturated rings. The second kappa shape index (κ2) is 7.13. The summed E-state index contributed by atoms with van der Waals surface area (Å²) in [6.07, 6.45) is 0. The van der Waals surface area contributed by atoms with Crippen LogP contribution in [0.15, 0.2) is 69.1 Å². The molecule has 2 aromatic carbocycles. The summed E-state index contributed by atoms with van der Waals surface area (Å²) in [4.78, 5) is 0. The van der Waals surface area contributed by atoms with Crippen molar-refractivity contribution in [2.45, 2.75) is 34.6 Å². The number of hydrogen-bond acceptors (Lipinski definition) is 1. The van der Waals surface area contributed by atoms with Crippen molar-refractivity contribution in [3.8, 4) is 16.9 Å². The third-order valence-electron chi connectivity index (χ3n) is 5.08. The SMILES string of the molecule is CC1=C(C)C(C)[C]([Ti][O]c2cc(C)cc(-c3ccccc3)c2)=C1C. The molecule has 1 atom stereocenters. The van der Waals surface area contributed by atoms with E-state index in [1.165, 1.54) is 37.3 Å². The Morgan fingerprint density at radius 2 is 1.54 bits per heavy atom. The Labute approximate surface area is 154 Å². The van der Waals surface area contributed by atoms with Crippen LogP contribution in [0.5, 0.6) is 5.75 Å². The maximum atomic E-state index is 6.31.